The molecule has 3 rings (SSSR count). The van der Waals surface area contributed by atoms with E-state index < -0.39 is 0 Å². The van der Waals surface area contributed by atoms with Gasteiger partial charge in [0, 0.05) is 5.56 Å². The van der Waals surface area contributed by atoms with E-state index in [-0.39, 0.29) is 0 Å². The third-order valence-electron chi connectivity index (χ3n) is 2.40. The van der Waals surface area contributed by atoms with Crippen LogP contribution in [0.1, 0.15) is 0 Å². The summed E-state index contributed by atoms with van der Waals surface area (Å²) in [6.45, 7) is 1.65. The molecule has 1 aromatic carbocycles. The largest absolute Gasteiger partial charge is 0.371 e. The van der Waals surface area contributed by atoms with E-state index in [1.165, 1.54) is 0 Å². The lowest BCUT2D eigenvalue weighted by Gasteiger charge is -1.94. The zero-order chi connectivity index (χ0) is 10.1. The number of ether oxygens (including phenoxy) is 1. The maximum Gasteiger partial charge on any atom is 0.113 e. The number of aromatic nitrogens is 3. The van der Waals surface area contributed by atoms with Gasteiger partial charge in [-0.1, -0.05) is 35.5 Å². The van der Waals surface area contributed by atoms with E-state index in [2.05, 4.69) is 10.3 Å². The fraction of sp³-hybridized carbons (Fsp3) is 0.273. The van der Waals surface area contributed by atoms with Crippen molar-refractivity contribution in [3.8, 4) is 11.3 Å². The van der Waals surface area contributed by atoms with Gasteiger partial charge in [0.05, 0.1) is 19.3 Å². The summed E-state index contributed by atoms with van der Waals surface area (Å²) in [7, 11) is 0. The minimum atomic E-state index is 0.343. The molecule has 15 heavy (non-hydrogen) atoms. The van der Waals surface area contributed by atoms with Crippen molar-refractivity contribution < 1.29 is 4.74 Å². The monoisotopic (exact) mass is 201 g/mol. The molecule has 1 aliphatic heterocycles. The summed E-state index contributed by atoms with van der Waals surface area (Å²) >= 11 is 0. The summed E-state index contributed by atoms with van der Waals surface area (Å²) in [5.41, 5.74) is 2.01. The highest BCUT2D eigenvalue weighted by molar-refractivity contribution is 5.57. The summed E-state index contributed by atoms with van der Waals surface area (Å²) in [5, 5.41) is 8.18. The molecule has 0 amide bonds. The van der Waals surface area contributed by atoms with Crippen molar-refractivity contribution in [3.63, 3.8) is 0 Å². The van der Waals surface area contributed by atoms with Crippen molar-refractivity contribution in [2.24, 2.45) is 0 Å². The van der Waals surface area contributed by atoms with Gasteiger partial charge in [-0.25, -0.2) is 4.68 Å². The van der Waals surface area contributed by atoms with Gasteiger partial charge in [-0.15, -0.1) is 5.10 Å². The second-order valence-corrected chi connectivity index (χ2v) is 3.65. The van der Waals surface area contributed by atoms with E-state index in [0.717, 1.165) is 24.4 Å². The Morgan fingerprint density at radius 2 is 2.13 bits per heavy atom. The molecule has 1 aliphatic rings. The third kappa shape index (κ3) is 1.89. The Morgan fingerprint density at radius 1 is 1.33 bits per heavy atom. The van der Waals surface area contributed by atoms with Gasteiger partial charge in [-0.3, -0.25) is 0 Å². The Labute approximate surface area is 87.5 Å². The smallest absolute Gasteiger partial charge is 0.113 e. The van der Waals surface area contributed by atoms with Crippen molar-refractivity contribution >= 4 is 0 Å². The molecule has 1 aromatic heterocycles. The molecule has 2 aromatic rings. The number of hydrogen-bond donors (Lipinski definition) is 0. The molecule has 0 saturated carbocycles. The van der Waals surface area contributed by atoms with E-state index in [9.17, 15) is 0 Å². The van der Waals surface area contributed by atoms with Gasteiger partial charge in [0.1, 0.15) is 11.8 Å². The summed E-state index contributed by atoms with van der Waals surface area (Å²) in [5.74, 6) is 0. The molecular formula is C11H11N3O. The van der Waals surface area contributed by atoms with Crippen LogP contribution in [0.25, 0.3) is 11.3 Å². The van der Waals surface area contributed by atoms with Crippen molar-refractivity contribution in [2.45, 2.75) is 12.6 Å². The lowest BCUT2D eigenvalue weighted by Crippen LogP contribution is -2.04. The molecule has 1 fully saturated rings. The van der Waals surface area contributed by atoms with Crippen LogP contribution in [0.15, 0.2) is 36.5 Å². The SMILES string of the molecule is c1ccc(-c2cn(CC3CO3)nn2)cc1. The van der Waals surface area contributed by atoms with Crippen LogP contribution in [0.5, 0.6) is 0 Å². The fourth-order valence-corrected chi connectivity index (χ4v) is 1.51. The average molecular weight is 201 g/mol. The van der Waals surface area contributed by atoms with Crippen molar-refractivity contribution in [3.05, 3.63) is 36.5 Å². The third-order valence-corrected chi connectivity index (χ3v) is 2.40. The molecule has 0 N–H and O–H groups in total. The first-order valence-electron chi connectivity index (χ1n) is 4.99. The van der Waals surface area contributed by atoms with E-state index in [1.807, 2.05) is 41.2 Å². The van der Waals surface area contributed by atoms with E-state index in [0.29, 0.717) is 6.10 Å². The van der Waals surface area contributed by atoms with Crippen LogP contribution in [-0.2, 0) is 11.3 Å². The Balaban J connectivity index is 1.83. The second-order valence-electron chi connectivity index (χ2n) is 3.65. The zero-order valence-electron chi connectivity index (χ0n) is 8.21. The molecule has 0 radical (unpaired) electrons. The normalized spacial score (nSPS) is 19.1. The lowest BCUT2D eigenvalue weighted by atomic mass is 10.2. The molecule has 1 unspecified atom stereocenters. The highest BCUT2D eigenvalue weighted by atomic mass is 16.6. The minimum absolute atomic E-state index is 0.343. The topological polar surface area (TPSA) is 43.2 Å². The van der Waals surface area contributed by atoms with E-state index in [1.54, 1.807) is 0 Å². The van der Waals surface area contributed by atoms with Gasteiger partial charge in [-0.05, 0) is 0 Å². The van der Waals surface area contributed by atoms with Crippen LogP contribution in [0.4, 0.5) is 0 Å². The molecule has 1 saturated heterocycles. The van der Waals surface area contributed by atoms with Crippen LogP contribution in [-0.4, -0.2) is 27.7 Å². The predicted octanol–water partition coefficient (Wildman–Crippen LogP) is 1.34. The highest BCUT2D eigenvalue weighted by Gasteiger charge is 2.23. The van der Waals surface area contributed by atoms with Crippen LogP contribution in [0, 0.1) is 0 Å². The minimum Gasteiger partial charge on any atom is -0.371 e. The number of nitrogens with zero attached hydrogens (tertiary/aromatic N) is 3. The molecule has 0 bridgehead atoms. The maximum absolute atomic E-state index is 5.14. The summed E-state index contributed by atoms with van der Waals surface area (Å²) in [6, 6.07) is 10.0. The summed E-state index contributed by atoms with van der Waals surface area (Å²) in [4.78, 5) is 0. The van der Waals surface area contributed by atoms with E-state index in [4.69, 9.17) is 4.74 Å². The lowest BCUT2D eigenvalue weighted by molar-refractivity contribution is 0.371. The van der Waals surface area contributed by atoms with Gasteiger partial charge < -0.3 is 4.74 Å². The molecule has 4 nitrogen and oxygen atoms in total. The number of epoxide rings is 1. The van der Waals surface area contributed by atoms with Crippen molar-refractivity contribution in [1.29, 1.82) is 0 Å². The van der Waals surface area contributed by atoms with E-state index >= 15 is 0 Å². The molecule has 0 aliphatic carbocycles. The van der Waals surface area contributed by atoms with Crippen LogP contribution in [0.3, 0.4) is 0 Å². The predicted molar refractivity (Wildman–Crippen MR) is 55.2 cm³/mol. The first kappa shape index (κ1) is 8.61. The maximum atomic E-state index is 5.14. The van der Waals surface area contributed by atoms with Gasteiger partial charge >= 0.3 is 0 Å². The Bertz CT molecular complexity index is 448. The number of hydrogen-bond acceptors (Lipinski definition) is 3. The van der Waals surface area contributed by atoms with Gasteiger partial charge in [0.2, 0.25) is 0 Å². The quantitative estimate of drug-likeness (QED) is 0.704. The molecule has 2 heterocycles. The molecule has 1 atom stereocenters. The fourth-order valence-electron chi connectivity index (χ4n) is 1.51. The second kappa shape index (κ2) is 3.47. The Morgan fingerprint density at radius 3 is 2.87 bits per heavy atom. The highest BCUT2D eigenvalue weighted by Crippen LogP contribution is 2.16. The molecule has 76 valence electrons. The first-order chi connectivity index (χ1) is 7.42. The van der Waals surface area contributed by atoms with Crippen molar-refractivity contribution in [2.75, 3.05) is 6.61 Å². The number of benzene rings is 1. The Hall–Kier alpha value is -1.68. The zero-order valence-corrected chi connectivity index (χ0v) is 8.21. The molecule has 0 spiro atoms. The Kier molecular flexibility index (Phi) is 1.99. The molecule has 4 heteroatoms. The van der Waals surface area contributed by atoms with Crippen LogP contribution >= 0.6 is 0 Å². The van der Waals surface area contributed by atoms with Crippen LogP contribution in [0.2, 0.25) is 0 Å². The standard InChI is InChI=1S/C11H11N3O/c1-2-4-9(5-3-1)11-7-14(13-12-11)6-10-8-15-10/h1-5,7,10H,6,8H2. The van der Waals surface area contributed by atoms with Gasteiger partial charge in [-0.2, -0.15) is 0 Å². The van der Waals surface area contributed by atoms with Gasteiger partial charge in [0.25, 0.3) is 0 Å². The van der Waals surface area contributed by atoms with Crippen molar-refractivity contribution in [1.82, 2.24) is 15.0 Å². The van der Waals surface area contributed by atoms with Crippen LogP contribution < -0.4 is 0 Å². The summed E-state index contributed by atoms with van der Waals surface area (Å²) < 4.78 is 6.97. The first-order valence-corrected chi connectivity index (χ1v) is 4.99. The summed E-state index contributed by atoms with van der Waals surface area (Å²) in [6.07, 6.45) is 2.30. The number of rotatable bonds is 3. The van der Waals surface area contributed by atoms with Gasteiger partial charge in [0.15, 0.2) is 0 Å². The average Bonchev–Trinajstić information content (AvgIpc) is 2.96. The molecular weight excluding hydrogens is 190 g/mol.